The van der Waals surface area contributed by atoms with Crippen LogP contribution < -0.4 is 5.73 Å². The van der Waals surface area contributed by atoms with Crippen molar-refractivity contribution in [3.05, 3.63) is 228 Å². The molecule has 0 spiro atoms. The van der Waals surface area contributed by atoms with Gasteiger partial charge in [-0.15, -0.1) is 0 Å². The Labute approximate surface area is 312 Å². The summed E-state index contributed by atoms with van der Waals surface area (Å²) in [4.78, 5) is 4.75. The molecule has 2 N–H and O–H groups in total. The average Bonchev–Trinajstić information content (AvgIpc) is 3.54. The first-order valence-electron chi connectivity index (χ1n) is 18.5. The van der Waals surface area contributed by atoms with Crippen LogP contribution in [0.3, 0.4) is 0 Å². The number of rotatable bonds is 8. The van der Waals surface area contributed by atoms with Crippen LogP contribution in [0, 0.1) is 0 Å². The second-order valence-electron chi connectivity index (χ2n) is 14.0. The first kappa shape index (κ1) is 32.4. The minimum Gasteiger partial charge on any atom is -0.383 e. The van der Waals surface area contributed by atoms with Gasteiger partial charge in [0.1, 0.15) is 5.84 Å². The number of benzene rings is 7. The van der Waals surface area contributed by atoms with Gasteiger partial charge in [-0.1, -0.05) is 170 Å². The molecule has 0 heterocycles. The van der Waals surface area contributed by atoms with Crippen LogP contribution in [-0.4, -0.2) is 12.4 Å². The van der Waals surface area contributed by atoms with Crippen LogP contribution in [0.1, 0.15) is 40.7 Å². The first-order valence-corrected chi connectivity index (χ1v) is 18.5. The van der Waals surface area contributed by atoms with Crippen molar-refractivity contribution in [1.29, 1.82) is 0 Å². The second kappa shape index (κ2) is 13.9. The minimum atomic E-state index is -0.499. The number of fused-ring (bicyclic) bond motifs is 3. The van der Waals surface area contributed by atoms with E-state index >= 15 is 0 Å². The molecule has 0 bridgehead atoms. The van der Waals surface area contributed by atoms with E-state index in [2.05, 4.69) is 194 Å². The van der Waals surface area contributed by atoms with Gasteiger partial charge in [0.2, 0.25) is 0 Å². The van der Waals surface area contributed by atoms with E-state index in [1.54, 1.807) is 0 Å². The summed E-state index contributed by atoms with van der Waals surface area (Å²) in [6.07, 6.45) is 8.58. The normalized spacial score (nSPS) is 14.3. The summed E-state index contributed by atoms with van der Waals surface area (Å²) in [5.74, 6) is 0.574. The highest BCUT2D eigenvalue weighted by Crippen LogP contribution is 2.57. The van der Waals surface area contributed by atoms with Gasteiger partial charge in [-0.05, 0) is 109 Å². The van der Waals surface area contributed by atoms with E-state index in [1.165, 1.54) is 61.2 Å². The molecular formula is C51H40N2. The molecule has 0 saturated heterocycles. The Hall–Kier alpha value is -6.51. The molecule has 9 rings (SSSR count). The monoisotopic (exact) mass is 680 g/mol. The lowest BCUT2D eigenvalue weighted by Gasteiger charge is -2.34. The number of amidine groups is 1. The van der Waals surface area contributed by atoms with Crippen LogP contribution >= 0.6 is 0 Å². The predicted molar refractivity (Wildman–Crippen MR) is 222 cm³/mol. The van der Waals surface area contributed by atoms with E-state index in [9.17, 15) is 0 Å². The van der Waals surface area contributed by atoms with Crippen LogP contribution in [0.5, 0.6) is 0 Å². The molecule has 0 aliphatic heterocycles. The minimum absolute atomic E-state index is 0.499. The molecule has 0 radical (unpaired) electrons. The fourth-order valence-electron chi connectivity index (χ4n) is 8.28. The molecule has 7 aromatic rings. The van der Waals surface area contributed by atoms with Gasteiger partial charge in [-0.25, -0.2) is 0 Å². The molecule has 2 aliphatic carbocycles. The van der Waals surface area contributed by atoms with Crippen molar-refractivity contribution in [2.24, 2.45) is 10.7 Å². The van der Waals surface area contributed by atoms with Crippen molar-refractivity contribution < 1.29 is 0 Å². The molecule has 0 unspecified atom stereocenters. The molecule has 0 aromatic heterocycles. The van der Waals surface area contributed by atoms with E-state index in [0.29, 0.717) is 12.4 Å². The lowest BCUT2D eigenvalue weighted by molar-refractivity contribution is 0.769. The summed E-state index contributed by atoms with van der Waals surface area (Å²) in [7, 11) is 0. The highest BCUT2D eigenvalue weighted by Gasteiger charge is 2.46. The van der Waals surface area contributed by atoms with Crippen LogP contribution in [-0.2, 0) is 5.41 Å². The second-order valence-corrected chi connectivity index (χ2v) is 14.0. The zero-order valence-corrected chi connectivity index (χ0v) is 29.6. The van der Waals surface area contributed by atoms with Gasteiger partial charge < -0.3 is 5.73 Å². The van der Waals surface area contributed by atoms with E-state index in [4.69, 9.17) is 10.7 Å². The van der Waals surface area contributed by atoms with Crippen molar-refractivity contribution >= 4 is 5.84 Å². The summed E-state index contributed by atoms with van der Waals surface area (Å²) in [6, 6.07) is 64.2. The number of nitrogens with zero attached hydrogens (tertiary/aromatic N) is 1. The Balaban J connectivity index is 1.16. The number of aliphatic imine (C=N–C) groups is 1. The van der Waals surface area contributed by atoms with Gasteiger partial charge in [0, 0.05) is 5.56 Å². The third-order valence-corrected chi connectivity index (χ3v) is 10.9. The molecule has 7 aromatic carbocycles. The number of nitrogens with two attached hydrogens (primary N) is 1. The van der Waals surface area contributed by atoms with E-state index in [0.717, 1.165) is 29.5 Å². The molecule has 0 amide bonds. The molecule has 0 atom stereocenters. The molecule has 0 fully saturated rings. The maximum absolute atomic E-state index is 6.54. The molecule has 2 nitrogen and oxygen atoms in total. The van der Waals surface area contributed by atoms with Crippen molar-refractivity contribution in [3.8, 4) is 44.5 Å². The van der Waals surface area contributed by atoms with Gasteiger partial charge in [0.15, 0.2) is 0 Å². The largest absolute Gasteiger partial charge is 0.383 e. The Kier molecular flexibility index (Phi) is 8.50. The average molecular weight is 681 g/mol. The fraction of sp³-hybridized carbons (Fsp3) is 0.0784. The topological polar surface area (TPSA) is 38.4 Å². The molecule has 2 heteroatoms. The van der Waals surface area contributed by atoms with E-state index in [-0.39, 0.29) is 0 Å². The maximum Gasteiger partial charge on any atom is 0.125 e. The lowest BCUT2D eigenvalue weighted by atomic mass is 9.67. The van der Waals surface area contributed by atoms with E-state index in [1.807, 2.05) is 0 Å². The van der Waals surface area contributed by atoms with Crippen LogP contribution in [0.15, 0.2) is 205 Å². The van der Waals surface area contributed by atoms with Crippen LogP contribution in [0.2, 0.25) is 0 Å². The zero-order chi connectivity index (χ0) is 35.6. The predicted octanol–water partition coefficient (Wildman–Crippen LogP) is 12.0. The Morgan fingerprint density at radius 3 is 1.60 bits per heavy atom. The molecular weight excluding hydrogens is 641 g/mol. The standard InChI is InChI=1S/C51H40N2/c52-50(53-35-36-15-5-1-6-16-36)43-22-14-21-40(32-43)38-19-13-20-39(31-38)42-28-30-47-46-29-27-41(37-17-7-2-8-18-37)33-48(46)51(49(47)34-42,44-23-9-3-10-24-44)45-25-11-4-12-26-45/h1-5,7-15,17-34H,6,16,35H2,(H2,52,53). The molecule has 0 saturated carbocycles. The van der Waals surface area contributed by atoms with Crippen molar-refractivity contribution in [1.82, 2.24) is 0 Å². The summed E-state index contributed by atoms with van der Waals surface area (Å²) in [6.45, 7) is 0.638. The molecule has 254 valence electrons. The summed E-state index contributed by atoms with van der Waals surface area (Å²) in [5, 5.41) is 0. The van der Waals surface area contributed by atoms with Gasteiger partial charge in [-0.3, -0.25) is 4.99 Å². The Morgan fingerprint density at radius 2 is 1.02 bits per heavy atom. The highest BCUT2D eigenvalue weighted by atomic mass is 14.8. The maximum atomic E-state index is 6.54. The van der Waals surface area contributed by atoms with Crippen LogP contribution in [0.25, 0.3) is 44.5 Å². The number of hydrogen-bond donors (Lipinski definition) is 1. The Morgan fingerprint density at radius 1 is 0.509 bits per heavy atom. The van der Waals surface area contributed by atoms with Gasteiger partial charge in [0.05, 0.1) is 12.0 Å². The van der Waals surface area contributed by atoms with Crippen molar-refractivity contribution in [2.75, 3.05) is 6.54 Å². The number of allylic oxidation sites excluding steroid dienone is 3. The SMILES string of the molecule is N/C(=N\CC1=CC=CCC1)c1cccc(-c2cccc(-c3ccc4c(c3)C(c3ccccc3)(c3ccccc3)c3cc(-c5ccccc5)ccc3-4)c2)c1. The molecule has 53 heavy (non-hydrogen) atoms. The third kappa shape index (κ3) is 5.93. The number of hydrogen-bond acceptors (Lipinski definition) is 1. The van der Waals surface area contributed by atoms with Crippen LogP contribution in [0.4, 0.5) is 0 Å². The lowest BCUT2D eigenvalue weighted by Crippen LogP contribution is -2.28. The summed E-state index contributed by atoms with van der Waals surface area (Å²) >= 11 is 0. The summed E-state index contributed by atoms with van der Waals surface area (Å²) < 4.78 is 0. The summed E-state index contributed by atoms with van der Waals surface area (Å²) in [5.41, 5.74) is 23.0. The van der Waals surface area contributed by atoms with Gasteiger partial charge >= 0.3 is 0 Å². The van der Waals surface area contributed by atoms with Gasteiger partial charge in [0.25, 0.3) is 0 Å². The Bertz CT molecular complexity index is 2480. The molecule has 2 aliphatic rings. The smallest absolute Gasteiger partial charge is 0.125 e. The van der Waals surface area contributed by atoms with E-state index < -0.39 is 5.41 Å². The fourth-order valence-corrected chi connectivity index (χ4v) is 8.28. The van der Waals surface area contributed by atoms with Gasteiger partial charge in [-0.2, -0.15) is 0 Å². The quantitative estimate of drug-likeness (QED) is 0.126. The third-order valence-electron chi connectivity index (χ3n) is 10.9. The van der Waals surface area contributed by atoms with Crippen molar-refractivity contribution in [2.45, 2.75) is 18.3 Å². The van der Waals surface area contributed by atoms with Crippen molar-refractivity contribution in [3.63, 3.8) is 0 Å². The zero-order valence-electron chi connectivity index (χ0n) is 29.6. The first-order chi connectivity index (χ1) is 26.2. The highest BCUT2D eigenvalue weighted by molar-refractivity contribution is 5.98.